The van der Waals surface area contributed by atoms with Crippen molar-refractivity contribution in [2.24, 2.45) is 0 Å². The number of amides is 2. The lowest BCUT2D eigenvalue weighted by molar-refractivity contribution is -0.140. The lowest BCUT2D eigenvalue weighted by Gasteiger charge is -2.35. The van der Waals surface area contributed by atoms with Crippen LogP contribution in [-0.4, -0.2) is 50.9 Å². The molecule has 48 heavy (non-hydrogen) atoms. The summed E-state index contributed by atoms with van der Waals surface area (Å²) in [5.41, 5.74) is 1.73. The van der Waals surface area contributed by atoms with Gasteiger partial charge in [0.1, 0.15) is 18.3 Å². The maximum absolute atomic E-state index is 14.7. The summed E-state index contributed by atoms with van der Waals surface area (Å²) in [5, 5.41) is 3.87. The summed E-state index contributed by atoms with van der Waals surface area (Å²) < 4.78 is 34.7. The van der Waals surface area contributed by atoms with Crippen LogP contribution < -0.4 is 14.4 Å². The average Bonchev–Trinajstić information content (AvgIpc) is 3.09. The molecule has 0 bridgehead atoms. The Balaban J connectivity index is 1.57. The highest BCUT2D eigenvalue weighted by Gasteiger charge is 2.35. The molecular weight excluding hydrogens is 669 g/mol. The number of hydrogen-bond donors (Lipinski definition) is 1. The first kappa shape index (κ1) is 35.3. The van der Waals surface area contributed by atoms with Gasteiger partial charge in [0.05, 0.1) is 22.7 Å². The first-order valence-electron chi connectivity index (χ1n) is 16.0. The van der Waals surface area contributed by atoms with Crippen LogP contribution in [0.25, 0.3) is 0 Å². The van der Waals surface area contributed by atoms with E-state index in [-0.39, 0.29) is 40.5 Å². The SMILES string of the molecule is COc1ccc(N(CC(=O)N(Cc2cccc(Cl)c2)C(Cc2ccccc2)C(=O)NC2CCCCC2)S(=O)(=O)c2ccccc2)cc1Cl. The quantitative estimate of drug-likeness (QED) is 0.158. The number of methoxy groups -OCH3 is 1. The predicted octanol–water partition coefficient (Wildman–Crippen LogP) is 7.29. The average molecular weight is 709 g/mol. The van der Waals surface area contributed by atoms with E-state index in [4.69, 9.17) is 27.9 Å². The normalized spacial score (nSPS) is 14.1. The summed E-state index contributed by atoms with van der Waals surface area (Å²) in [6.07, 6.45) is 5.14. The van der Waals surface area contributed by atoms with Crippen molar-refractivity contribution in [3.63, 3.8) is 0 Å². The molecule has 4 aromatic carbocycles. The third kappa shape index (κ3) is 8.89. The van der Waals surface area contributed by atoms with Crippen LogP contribution >= 0.6 is 23.2 Å². The predicted molar refractivity (Wildman–Crippen MR) is 190 cm³/mol. The summed E-state index contributed by atoms with van der Waals surface area (Å²) >= 11 is 12.8. The number of nitrogens with one attached hydrogen (secondary N) is 1. The number of sulfonamides is 1. The lowest BCUT2D eigenvalue weighted by Crippen LogP contribution is -2.55. The number of anilines is 1. The van der Waals surface area contributed by atoms with E-state index in [1.54, 1.807) is 42.5 Å². The second-order valence-electron chi connectivity index (χ2n) is 11.8. The van der Waals surface area contributed by atoms with E-state index in [2.05, 4.69) is 5.32 Å². The highest BCUT2D eigenvalue weighted by molar-refractivity contribution is 7.92. The third-order valence-electron chi connectivity index (χ3n) is 8.50. The number of ether oxygens (including phenoxy) is 1. The maximum atomic E-state index is 14.7. The Labute approximate surface area is 292 Å². The Kier molecular flexibility index (Phi) is 12.0. The fourth-order valence-corrected chi connectivity index (χ4v) is 7.88. The molecule has 2 amide bonds. The molecule has 0 spiro atoms. The Morgan fingerprint density at radius 2 is 1.52 bits per heavy atom. The van der Waals surface area contributed by atoms with Gasteiger partial charge in [0.2, 0.25) is 11.8 Å². The van der Waals surface area contributed by atoms with Crippen molar-refractivity contribution in [3.05, 3.63) is 124 Å². The van der Waals surface area contributed by atoms with Gasteiger partial charge in [-0.15, -0.1) is 0 Å². The van der Waals surface area contributed by atoms with Crippen molar-refractivity contribution >= 4 is 50.7 Å². The minimum atomic E-state index is -4.26. The molecule has 0 saturated heterocycles. The van der Waals surface area contributed by atoms with E-state index in [1.807, 2.05) is 36.4 Å². The molecule has 0 heterocycles. The molecule has 0 aliphatic heterocycles. The number of halogens is 2. The van der Waals surface area contributed by atoms with Gasteiger partial charge in [0, 0.05) is 24.0 Å². The lowest BCUT2D eigenvalue weighted by atomic mass is 9.94. The van der Waals surface area contributed by atoms with E-state index < -0.39 is 28.5 Å². The maximum Gasteiger partial charge on any atom is 0.264 e. The van der Waals surface area contributed by atoms with Gasteiger partial charge in [-0.25, -0.2) is 8.42 Å². The standard InChI is InChI=1S/C37H39Cl2N3O5S/c1-47-35-21-20-31(24-33(35)39)42(48(45,46)32-18-9-4-10-19-32)26-36(43)41(25-28-14-11-15-29(38)22-28)34(23-27-12-5-2-6-13-27)37(44)40-30-16-7-3-8-17-30/h2,4-6,9-15,18-22,24,30,34H,3,7-8,16-17,23,25-26H2,1H3,(H,40,44). The second kappa shape index (κ2) is 16.4. The fraction of sp³-hybridized carbons (Fsp3) is 0.297. The molecule has 1 fully saturated rings. The molecule has 8 nitrogen and oxygen atoms in total. The van der Waals surface area contributed by atoms with Crippen LogP contribution in [0.5, 0.6) is 5.75 Å². The molecule has 252 valence electrons. The van der Waals surface area contributed by atoms with Crippen molar-refractivity contribution in [3.8, 4) is 5.75 Å². The van der Waals surface area contributed by atoms with Crippen LogP contribution in [0, 0.1) is 0 Å². The third-order valence-corrected chi connectivity index (χ3v) is 10.8. The van der Waals surface area contributed by atoms with E-state index in [1.165, 1.54) is 36.3 Å². The van der Waals surface area contributed by atoms with Gasteiger partial charge in [0.25, 0.3) is 10.0 Å². The molecule has 1 saturated carbocycles. The van der Waals surface area contributed by atoms with Gasteiger partial charge in [-0.1, -0.05) is 103 Å². The zero-order chi connectivity index (χ0) is 34.1. The van der Waals surface area contributed by atoms with E-state index >= 15 is 0 Å². The van der Waals surface area contributed by atoms with Crippen LogP contribution in [0.3, 0.4) is 0 Å². The number of carbonyl (C=O) groups excluding carboxylic acids is 2. The van der Waals surface area contributed by atoms with E-state index in [0.29, 0.717) is 16.3 Å². The first-order chi connectivity index (χ1) is 23.2. The van der Waals surface area contributed by atoms with Crippen molar-refractivity contribution in [2.45, 2.75) is 62.0 Å². The van der Waals surface area contributed by atoms with Crippen LogP contribution in [0.4, 0.5) is 5.69 Å². The number of benzene rings is 4. The molecule has 4 aromatic rings. The molecule has 1 atom stereocenters. The minimum absolute atomic E-state index is 0.00186. The molecule has 1 unspecified atom stereocenters. The minimum Gasteiger partial charge on any atom is -0.495 e. The van der Waals surface area contributed by atoms with Crippen molar-refractivity contribution in [1.82, 2.24) is 10.2 Å². The van der Waals surface area contributed by atoms with Gasteiger partial charge in [-0.2, -0.15) is 0 Å². The number of hydrogen-bond acceptors (Lipinski definition) is 5. The fourth-order valence-electron chi connectivity index (χ4n) is 5.99. The highest BCUT2D eigenvalue weighted by Crippen LogP contribution is 2.32. The van der Waals surface area contributed by atoms with Crippen LogP contribution in [-0.2, 0) is 32.6 Å². The second-order valence-corrected chi connectivity index (χ2v) is 14.6. The molecule has 0 aromatic heterocycles. The van der Waals surface area contributed by atoms with Crippen LogP contribution in [0.15, 0.2) is 108 Å². The monoisotopic (exact) mass is 707 g/mol. The summed E-state index contributed by atoms with van der Waals surface area (Å²) in [7, 11) is -2.80. The molecule has 1 aliphatic carbocycles. The Morgan fingerprint density at radius 1 is 0.854 bits per heavy atom. The van der Waals surface area contributed by atoms with Crippen LogP contribution in [0.2, 0.25) is 10.0 Å². The van der Waals surface area contributed by atoms with Crippen molar-refractivity contribution in [2.75, 3.05) is 18.0 Å². The summed E-state index contributed by atoms with van der Waals surface area (Å²) in [4.78, 5) is 30.4. The van der Waals surface area contributed by atoms with E-state index in [0.717, 1.165) is 42.0 Å². The molecular formula is C37H39Cl2N3O5S. The number of rotatable bonds is 13. The molecule has 0 radical (unpaired) electrons. The van der Waals surface area contributed by atoms with Crippen molar-refractivity contribution < 1.29 is 22.7 Å². The molecule has 5 rings (SSSR count). The van der Waals surface area contributed by atoms with Crippen LogP contribution in [0.1, 0.15) is 43.2 Å². The largest absolute Gasteiger partial charge is 0.495 e. The van der Waals surface area contributed by atoms with Gasteiger partial charge >= 0.3 is 0 Å². The zero-order valence-corrected chi connectivity index (χ0v) is 29.1. The van der Waals surface area contributed by atoms with Crippen molar-refractivity contribution in [1.29, 1.82) is 0 Å². The van der Waals surface area contributed by atoms with Gasteiger partial charge in [-0.05, 0) is 66.4 Å². The Morgan fingerprint density at radius 3 is 2.17 bits per heavy atom. The summed E-state index contributed by atoms with van der Waals surface area (Å²) in [6.45, 7) is -0.569. The zero-order valence-electron chi connectivity index (χ0n) is 26.7. The topological polar surface area (TPSA) is 96.0 Å². The number of nitrogens with zero attached hydrogens (tertiary/aromatic N) is 2. The Bertz CT molecular complexity index is 1800. The molecule has 11 heteroatoms. The highest BCUT2D eigenvalue weighted by atomic mass is 35.5. The Hall–Kier alpha value is -4.05. The van der Waals surface area contributed by atoms with E-state index in [9.17, 15) is 18.0 Å². The summed E-state index contributed by atoms with van der Waals surface area (Å²) in [5.74, 6) is -0.499. The molecule has 1 aliphatic rings. The molecule has 1 N–H and O–H groups in total. The van der Waals surface area contributed by atoms with Gasteiger partial charge in [0.15, 0.2) is 0 Å². The number of carbonyl (C=O) groups is 2. The van der Waals surface area contributed by atoms with Gasteiger partial charge in [-0.3, -0.25) is 13.9 Å². The first-order valence-corrected chi connectivity index (χ1v) is 18.1. The summed E-state index contributed by atoms with van der Waals surface area (Å²) in [6, 6.07) is 28.0. The smallest absolute Gasteiger partial charge is 0.264 e. The van der Waals surface area contributed by atoms with Gasteiger partial charge < -0.3 is 15.0 Å².